The molecule has 0 spiro atoms. The lowest BCUT2D eigenvalue weighted by Gasteiger charge is -2.10. The predicted octanol–water partition coefficient (Wildman–Crippen LogP) is 2.54. The molecule has 0 saturated carbocycles. The van der Waals surface area contributed by atoms with Gasteiger partial charge in [-0.2, -0.15) is 0 Å². The zero-order chi connectivity index (χ0) is 18.0. The third-order valence-corrected chi connectivity index (χ3v) is 4.22. The Morgan fingerprint density at radius 1 is 1.20 bits per heavy atom. The molecule has 0 bridgehead atoms. The van der Waals surface area contributed by atoms with Gasteiger partial charge >= 0.3 is 6.09 Å². The minimum Gasteiger partial charge on any atom is -0.449 e. The van der Waals surface area contributed by atoms with E-state index >= 15 is 0 Å². The summed E-state index contributed by atoms with van der Waals surface area (Å²) < 4.78 is 5.00. The summed E-state index contributed by atoms with van der Waals surface area (Å²) in [6, 6.07) is 6.66. The molecule has 0 atom stereocenters. The number of imide groups is 1. The Labute approximate surface area is 147 Å². The molecule has 3 amide bonds. The van der Waals surface area contributed by atoms with Gasteiger partial charge in [0.1, 0.15) is 5.01 Å². The van der Waals surface area contributed by atoms with Crippen LogP contribution in [0.4, 0.5) is 9.93 Å². The summed E-state index contributed by atoms with van der Waals surface area (Å²) in [5.74, 6) is -0.493. The molecule has 1 aliphatic rings. The fourth-order valence-electron chi connectivity index (χ4n) is 2.25. The molecule has 0 aliphatic carbocycles. The average molecular weight is 360 g/mol. The fraction of sp³-hybridized carbons (Fsp3) is 0.312. The van der Waals surface area contributed by atoms with E-state index in [1.165, 1.54) is 0 Å². The van der Waals surface area contributed by atoms with Gasteiger partial charge in [-0.1, -0.05) is 37.3 Å². The topological polar surface area (TPSA) is 101 Å². The number of fused-ring (bicyclic) bond motifs is 1. The lowest BCUT2D eigenvalue weighted by molar-refractivity contribution is 0.0642. The van der Waals surface area contributed by atoms with Crippen molar-refractivity contribution in [3.8, 4) is 0 Å². The number of hydrogen-bond acceptors (Lipinski definition) is 7. The first kappa shape index (κ1) is 17.0. The second-order valence-corrected chi connectivity index (χ2v) is 6.92. The van der Waals surface area contributed by atoms with E-state index in [9.17, 15) is 14.4 Å². The highest BCUT2D eigenvalue weighted by Gasteiger charge is 2.35. The lowest BCUT2D eigenvalue weighted by Crippen LogP contribution is -2.29. The van der Waals surface area contributed by atoms with Gasteiger partial charge in [0.25, 0.3) is 11.8 Å². The summed E-state index contributed by atoms with van der Waals surface area (Å²) in [7, 11) is 0. The van der Waals surface area contributed by atoms with Crippen molar-refractivity contribution in [2.24, 2.45) is 5.92 Å². The molecule has 0 saturated heterocycles. The summed E-state index contributed by atoms with van der Waals surface area (Å²) >= 11 is 1.08. The standard InChI is InChI=1S/C16H16N4O4S/c1-9(2)8-24-16(23)17-15-19-18-12(25-15)7-20-13(21)10-5-3-4-6-11(10)14(20)22/h3-6,9H,7-8H2,1-2H3,(H,17,19,23). The minimum atomic E-state index is -0.614. The van der Waals surface area contributed by atoms with E-state index in [1.807, 2.05) is 13.8 Å². The van der Waals surface area contributed by atoms with E-state index in [1.54, 1.807) is 24.3 Å². The molecular weight excluding hydrogens is 344 g/mol. The van der Waals surface area contributed by atoms with E-state index in [-0.39, 0.29) is 29.4 Å². The molecule has 0 fully saturated rings. The number of nitrogens with one attached hydrogen (secondary N) is 1. The normalized spacial score (nSPS) is 13.3. The molecule has 1 aromatic carbocycles. The number of ether oxygens (including phenoxy) is 1. The molecule has 3 rings (SSSR count). The van der Waals surface area contributed by atoms with Crippen molar-refractivity contribution in [1.29, 1.82) is 0 Å². The van der Waals surface area contributed by atoms with Crippen molar-refractivity contribution in [2.45, 2.75) is 20.4 Å². The second kappa shape index (κ2) is 6.98. The van der Waals surface area contributed by atoms with E-state index in [0.29, 0.717) is 22.7 Å². The number of carbonyl (C=O) groups is 3. The van der Waals surface area contributed by atoms with Gasteiger partial charge in [-0.15, -0.1) is 10.2 Å². The summed E-state index contributed by atoms with van der Waals surface area (Å²) in [6.45, 7) is 4.16. The Morgan fingerprint density at radius 2 is 1.84 bits per heavy atom. The number of aromatic nitrogens is 2. The van der Waals surface area contributed by atoms with Gasteiger partial charge in [-0.05, 0) is 18.1 Å². The van der Waals surface area contributed by atoms with Gasteiger partial charge in [0.15, 0.2) is 0 Å². The molecular formula is C16H16N4O4S. The first-order valence-corrected chi connectivity index (χ1v) is 8.48. The van der Waals surface area contributed by atoms with Gasteiger partial charge in [-0.3, -0.25) is 19.8 Å². The van der Waals surface area contributed by atoms with Gasteiger partial charge in [0, 0.05) is 0 Å². The number of hydrogen-bond donors (Lipinski definition) is 1. The number of anilines is 1. The SMILES string of the molecule is CC(C)COC(=O)Nc1nnc(CN2C(=O)c3ccccc3C2=O)s1. The average Bonchev–Trinajstić information content (AvgIpc) is 3.12. The highest BCUT2D eigenvalue weighted by atomic mass is 32.1. The molecule has 0 unspecified atom stereocenters. The quantitative estimate of drug-likeness (QED) is 0.822. The molecule has 2 heterocycles. The van der Waals surface area contributed by atoms with Crippen molar-refractivity contribution < 1.29 is 19.1 Å². The maximum absolute atomic E-state index is 12.3. The maximum atomic E-state index is 12.3. The number of amides is 3. The zero-order valence-electron chi connectivity index (χ0n) is 13.7. The summed E-state index contributed by atoms with van der Waals surface area (Å²) in [5.41, 5.74) is 0.764. The number of rotatable bonds is 5. The van der Waals surface area contributed by atoms with Gasteiger partial charge in [0.2, 0.25) is 5.13 Å². The highest BCUT2D eigenvalue weighted by molar-refractivity contribution is 7.15. The minimum absolute atomic E-state index is 0.00668. The van der Waals surface area contributed by atoms with E-state index in [4.69, 9.17) is 4.74 Å². The molecule has 1 aromatic heterocycles. The highest BCUT2D eigenvalue weighted by Crippen LogP contribution is 2.25. The van der Waals surface area contributed by atoms with Gasteiger partial charge in [0.05, 0.1) is 24.3 Å². The lowest BCUT2D eigenvalue weighted by atomic mass is 10.1. The first-order valence-electron chi connectivity index (χ1n) is 7.67. The van der Waals surface area contributed by atoms with Crippen LogP contribution in [0.5, 0.6) is 0 Å². The Balaban J connectivity index is 1.64. The second-order valence-electron chi connectivity index (χ2n) is 5.86. The van der Waals surface area contributed by atoms with Crippen LogP contribution in [0, 0.1) is 5.92 Å². The molecule has 25 heavy (non-hydrogen) atoms. The van der Waals surface area contributed by atoms with Crippen LogP contribution in [-0.4, -0.2) is 39.6 Å². The van der Waals surface area contributed by atoms with Crippen LogP contribution in [0.25, 0.3) is 0 Å². The Morgan fingerprint density at radius 3 is 2.44 bits per heavy atom. The largest absolute Gasteiger partial charge is 0.449 e. The maximum Gasteiger partial charge on any atom is 0.413 e. The Bertz CT molecular complexity index is 798. The van der Waals surface area contributed by atoms with Gasteiger partial charge < -0.3 is 4.74 Å². The Kier molecular flexibility index (Phi) is 4.75. The van der Waals surface area contributed by atoms with Crippen LogP contribution in [0.2, 0.25) is 0 Å². The van der Waals surface area contributed by atoms with Gasteiger partial charge in [-0.25, -0.2) is 4.79 Å². The first-order chi connectivity index (χ1) is 12.0. The van der Waals surface area contributed by atoms with Crippen LogP contribution in [-0.2, 0) is 11.3 Å². The molecule has 1 N–H and O–H groups in total. The summed E-state index contributed by atoms with van der Waals surface area (Å²) in [6.07, 6.45) is -0.614. The third-order valence-electron chi connectivity index (χ3n) is 3.40. The van der Waals surface area contributed by atoms with E-state index in [0.717, 1.165) is 16.2 Å². The molecule has 8 nitrogen and oxygen atoms in total. The van der Waals surface area contributed by atoms with Crippen LogP contribution in [0.3, 0.4) is 0 Å². The molecule has 130 valence electrons. The van der Waals surface area contributed by atoms with Crippen LogP contribution in [0.1, 0.15) is 39.6 Å². The monoisotopic (exact) mass is 360 g/mol. The van der Waals surface area contributed by atoms with E-state index in [2.05, 4.69) is 15.5 Å². The van der Waals surface area contributed by atoms with Crippen LogP contribution >= 0.6 is 11.3 Å². The Hall–Kier alpha value is -2.81. The summed E-state index contributed by atoms with van der Waals surface area (Å²) in [4.78, 5) is 37.4. The van der Waals surface area contributed by atoms with Crippen molar-refractivity contribution in [3.05, 3.63) is 40.4 Å². The van der Waals surface area contributed by atoms with Crippen molar-refractivity contribution in [2.75, 3.05) is 11.9 Å². The molecule has 9 heteroatoms. The fourth-order valence-corrected chi connectivity index (χ4v) is 2.97. The number of nitrogens with zero attached hydrogens (tertiary/aromatic N) is 3. The van der Waals surface area contributed by atoms with Crippen molar-refractivity contribution in [1.82, 2.24) is 15.1 Å². The molecule has 1 aliphatic heterocycles. The van der Waals surface area contributed by atoms with Crippen molar-refractivity contribution in [3.63, 3.8) is 0 Å². The number of carbonyl (C=O) groups excluding carboxylic acids is 3. The summed E-state index contributed by atoms with van der Waals surface area (Å²) in [5, 5.41) is 10.9. The molecule has 2 aromatic rings. The molecule has 0 radical (unpaired) electrons. The van der Waals surface area contributed by atoms with Crippen LogP contribution < -0.4 is 5.32 Å². The van der Waals surface area contributed by atoms with E-state index < -0.39 is 6.09 Å². The van der Waals surface area contributed by atoms with Crippen LogP contribution in [0.15, 0.2) is 24.3 Å². The third kappa shape index (κ3) is 3.66. The zero-order valence-corrected chi connectivity index (χ0v) is 14.5. The number of benzene rings is 1. The predicted molar refractivity (Wildman–Crippen MR) is 90.4 cm³/mol. The smallest absolute Gasteiger partial charge is 0.413 e. The van der Waals surface area contributed by atoms with Crippen molar-refractivity contribution >= 4 is 34.4 Å².